The van der Waals surface area contributed by atoms with Gasteiger partial charge in [0, 0.05) is 12.1 Å². The van der Waals surface area contributed by atoms with E-state index in [0.29, 0.717) is 17.1 Å². The molecule has 0 fully saturated rings. The van der Waals surface area contributed by atoms with Crippen molar-refractivity contribution in [3.8, 4) is 11.5 Å². The van der Waals surface area contributed by atoms with Crippen molar-refractivity contribution in [1.82, 2.24) is 10.9 Å². The number of nitro benzene ring substituents is 1. The molecule has 140 valence electrons. The van der Waals surface area contributed by atoms with Crippen molar-refractivity contribution in [2.75, 3.05) is 14.2 Å². The number of carbonyl (C=O) groups excluding carboxylic acids is 2. The summed E-state index contributed by atoms with van der Waals surface area (Å²) in [5.74, 6) is -0.354. The Morgan fingerprint density at radius 1 is 1.04 bits per heavy atom. The highest BCUT2D eigenvalue weighted by atomic mass is 16.6. The Hall–Kier alpha value is -3.88. The van der Waals surface area contributed by atoms with Crippen LogP contribution in [0.15, 0.2) is 48.5 Å². The highest BCUT2D eigenvalue weighted by Gasteiger charge is 2.19. The maximum Gasteiger partial charge on any atom is 0.282 e. The van der Waals surface area contributed by atoms with Crippen molar-refractivity contribution in [1.29, 1.82) is 0 Å². The summed E-state index contributed by atoms with van der Waals surface area (Å²) < 4.78 is 10.3. The van der Waals surface area contributed by atoms with Gasteiger partial charge in [0.1, 0.15) is 5.56 Å². The first-order valence-corrected chi connectivity index (χ1v) is 7.70. The number of hydrogen-bond donors (Lipinski definition) is 2. The molecule has 0 spiro atoms. The molecule has 9 nitrogen and oxygen atoms in total. The van der Waals surface area contributed by atoms with E-state index in [1.165, 1.54) is 50.6 Å². The molecule has 0 aromatic heterocycles. The van der Waals surface area contributed by atoms with Crippen LogP contribution in [0, 0.1) is 10.1 Å². The van der Waals surface area contributed by atoms with Gasteiger partial charge in [-0.05, 0) is 29.8 Å². The molecule has 0 saturated carbocycles. The van der Waals surface area contributed by atoms with Crippen molar-refractivity contribution in [2.45, 2.75) is 0 Å². The van der Waals surface area contributed by atoms with Gasteiger partial charge in [-0.3, -0.25) is 30.6 Å². The SMILES string of the molecule is COc1ccc(/C=C/C(=O)NNC(=O)c2ccccc2[N+](=O)[O-])cc1OC. The summed E-state index contributed by atoms with van der Waals surface area (Å²) in [6, 6.07) is 10.5. The zero-order valence-electron chi connectivity index (χ0n) is 14.6. The molecular weight excluding hydrogens is 354 g/mol. The summed E-state index contributed by atoms with van der Waals surface area (Å²) in [5.41, 5.74) is 4.45. The average molecular weight is 371 g/mol. The number of methoxy groups -OCH3 is 2. The lowest BCUT2D eigenvalue weighted by molar-refractivity contribution is -0.385. The smallest absolute Gasteiger partial charge is 0.282 e. The summed E-state index contributed by atoms with van der Waals surface area (Å²) in [6.07, 6.45) is 2.70. The summed E-state index contributed by atoms with van der Waals surface area (Å²) in [6.45, 7) is 0. The van der Waals surface area contributed by atoms with Crippen molar-refractivity contribution >= 4 is 23.6 Å². The molecule has 2 aromatic carbocycles. The third-order valence-corrected chi connectivity index (χ3v) is 3.48. The Kier molecular flexibility index (Phi) is 6.48. The third-order valence-electron chi connectivity index (χ3n) is 3.48. The zero-order valence-corrected chi connectivity index (χ0v) is 14.6. The molecule has 2 N–H and O–H groups in total. The Morgan fingerprint density at radius 2 is 1.74 bits per heavy atom. The number of rotatable bonds is 6. The molecule has 0 unspecified atom stereocenters. The number of carbonyl (C=O) groups is 2. The van der Waals surface area contributed by atoms with E-state index in [9.17, 15) is 19.7 Å². The van der Waals surface area contributed by atoms with Gasteiger partial charge in [-0.2, -0.15) is 0 Å². The number of nitrogens with one attached hydrogen (secondary N) is 2. The second kappa shape index (κ2) is 8.99. The lowest BCUT2D eigenvalue weighted by Crippen LogP contribution is -2.40. The van der Waals surface area contributed by atoms with Gasteiger partial charge < -0.3 is 9.47 Å². The fourth-order valence-corrected chi connectivity index (χ4v) is 2.18. The number of para-hydroxylation sites is 1. The molecular formula is C18H17N3O6. The predicted molar refractivity (Wildman–Crippen MR) is 97.3 cm³/mol. The monoisotopic (exact) mass is 371 g/mol. The van der Waals surface area contributed by atoms with Crippen LogP contribution >= 0.6 is 0 Å². The molecule has 0 radical (unpaired) electrons. The second-order valence-electron chi connectivity index (χ2n) is 5.17. The molecule has 0 aliphatic carbocycles. The fourth-order valence-electron chi connectivity index (χ4n) is 2.18. The van der Waals surface area contributed by atoms with Crippen LogP contribution in [0.1, 0.15) is 15.9 Å². The number of nitrogens with zero attached hydrogens (tertiary/aromatic N) is 1. The van der Waals surface area contributed by atoms with E-state index in [2.05, 4.69) is 10.9 Å². The predicted octanol–water partition coefficient (Wildman–Crippen LogP) is 2.09. The lowest BCUT2D eigenvalue weighted by Gasteiger charge is -2.08. The molecule has 0 atom stereocenters. The van der Waals surface area contributed by atoms with E-state index in [4.69, 9.17) is 9.47 Å². The maximum atomic E-state index is 12.0. The van der Waals surface area contributed by atoms with Crippen molar-refractivity contribution in [3.05, 3.63) is 69.8 Å². The molecule has 0 aliphatic rings. The summed E-state index contributed by atoms with van der Waals surface area (Å²) in [7, 11) is 3.01. The summed E-state index contributed by atoms with van der Waals surface area (Å²) in [5, 5.41) is 10.9. The van der Waals surface area contributed by atoms with Crippen molar-refractivity contribution in [3.63, 3.8) is 0 Å². The minimum atomic E-state index is -0.796. The van der Waals surface area contributed by atoms with Crippen molar-refractivity contribution < 1.29 is 24.0 Å². The van der Waals surface area contributed by atoms with Crippen molar-refractivity contribution in [2.24, 2.45) is 0 Å². The Balaban J connectivity index is 1.99. The fraction of sp³-hybridized carbons (Fsp3) is 0.111. The van der Waals surface area contributed by atoms with Gasteiger partial charge in [-0.25, -0.2) is 0 Å². The minimum absolute atomic E-state index is 0.160. The van der Waals surface area contributed by atoms with E-state index < -0.39 is 16.7 Å². The third kappa shape index (κ3) is 5.05. The lowest BCUT2D eigenvalue weighted by atomic mass is 10.2. The molecule has 0 saturated heterocycles. The standard InChI is InChI=1S/C18H17N3O6/c1-26-15-9-7-12(11-16(15)27-2)8-10-17(22)19-20-18(23)13-5-3-4-6-14(13)21(24)25/h3-11H,1-2H3,(H,19,22)(H,20,23)/b10-8+. The van der Waals surface area contributed by atoms with E-state index in [-0.39, 0.29) is 11.3 Å². The van der Waals surface area contributed by atoms with E-state index in [0.717, 1.165) is 0 Å². The number of benzene rings is 2. The summed E-state index contributed by atoms with van der Waals surface area (Å²) >= 11 is 0. The van der Waals surface area contributed by atoms with Crippen LogP contribution in [0.5, 0.6) is 11.5 Å². The van der Waals surface area contributed by atoms with Gasteiger partial charge in [0.25, 0.3) is 17.5 Å². The topological polar surface area (TPSA) is 120 Å². The first-order valence-electron chi connectivity index (χ1n) is 7.70. The van der Waals surface area contributed by atoms with E-state index in [1.54, 1.807) is 18.2 Å². The normalized spacial score (nSPS) is 10.3. The van der Waals surface area contributed by atoms with Crippen LogP contribution < -0.4 is 20.3 Å². The van der Waals surface area contributed by atoms with E-state index >= 15 is 0 Å². The van der Waals surface area contributed by atoms with E-state index in [1.807, 2.05) is 0 Å². The number of amides is 2. The Labute approximate surface area is 154 Å². The zero-order chi connectivity index (χ0) is 19.8. The van der Waals surface area contributed by atoms with Gasteiger partial charge in [-0.1, -0.05) is 18.2 Å². The van der Waals surface area contributed by atoms with Crippen LogP contribution in [-0.4, -0.2) is 31.0 Å². The largest absolute Gasteiger partial charge is 0.493 e. The Morgan fingerprint density at radius 3 is 2.41 bits per heavy atom. The van der Waals surface area contributed by atoms with Gasteiger partial charge >= 0.3 is 0 Å². The number of ether oxygens (including phenoxy) is 2. The quantitative estimate of drug-likeness (QED) is 0.456. The molecule has 9 heteroatoms. The molecule has 2 aromatic rings. The molecule has 2 amide bonds. The Bertz CT molecular complexity index is 894. The van der Waals surface area contributed by atoms with Gasteiger partial charge in [0.2, 0.25) is 0 Å². The number of nitro groups is 1. The first-order chi connectivity index (χ1) is 13.0. The molecule has 0 heterocycles. The van der Waals surface area contributed by atoms with Crippen LogP contribution in [0.2, 0.25) is 0 Å². The van der Waals surface area contributed by atoms with Crippen LogP contribution in [0.3, 0.4) is 0 Å². The first kappa shape index (κ1) is 19.4. The maximum absolute atomic E-state index is 12.0. The van der Waals surface area contributed by atoms with Gasteiger partial charge in [-0.15, -0.1) is 0 Å². The summed E-state index contributed by atoms with van der Waals surface area (Å²) in [4.78, 5) is 34.1. The highest BCUT2D eigenvalue weighted by Crippen LogP contribution is 2.27. The molecule has 2 rings (SSSR count). The average Bonchev–Trinajstić information content (AvgIpc) is 2.69. The van der Waals surface area contributed by atoms with Gasteiger partial charge in [0.15, 0.2) is 11.5 Å². The molecule has 27 heavy (non-hydrogen) atoms. The number of hydrogen-bond acceptors (Lipinski definition) is 6. The number of hydrazine groups is 1. The molecule has 0 bridgehead atoms. The van der Waals surface area contributed by atoms with Crippen LogP contribution in [-0.2, 0) is 4.79 Å². The minimum Gasteiger partial charge on any atom is -0.493 e. The highest BCUT2D eigenvalue weighted by molar-refractivity contribution is 6.00. The second-order valence-corrected chi connectivity index (χ2v) is 5.17. The molecule has 0 aliphatic heterocycles. The van der Waals surface area contributed by atoms with Gasteiger partial charge in [0.05, 0.1) is 19.1 Å². The van der Waals surface area contributed by atoms with Crippen LogP contribution in [0.25, 0.3) is 6.08 Å². The van der Waals surface area contributed by atoms with Crippen LogP contribution in [0.4, 0.5) is 5.69 Å².